The van der Waals surface area contributed by atoms with Crippen LogP contribution in [0.15, 0.2) is 36.8 Å². The molecule has 4 rings (SSSR count). The van der Waals surface area contributed by atoms with E-state index >= 15 is 0 Å². The van der Waals surface area contributed by atoms with Crippen molar-refractivity contribution in [2.75, 3.05) is 20.2 Å². The lowest BCUT2D eigenvalue weighted by atomic mass is 10.1. The molecule has 0 aliphatic carbocycles. The van der Waals surface area contributed by atoms with Gasteiger partial charge in [0.25, 0.3) is 5.91 Å². The van der Waals surface area contributed by atoms with E-state index in [9.17, 15) is 9.18 Å². The van der Waals surface area contributed by atoms with E-state index in [1.807, 2.05) is 28.9 Å². The second kappa shape index (κ2) is 7.63. The predicted molar refractivity (Wildman–Crippen MR) is 101 cm³/mol. The molecular formula is C20H23FN4O3. The van der Waals surface area contributed by atoms with Crippen LogP contribution in [0, 0.1) is 5.82 Å². The van der Waals surface area contributed by atoms with Crippen LogP contribution in [-0.2, 0) is 18.4 Å². The number of aryl methyl sites for hydroxylation is 1. The molecule has 1 aromatic carbocycles. The molecule has 1 amide bonds. The van der Waals surface area contributed by atoms with Crippen molar-refractivity contribution >= 4 is 11.6 Å². The van der Waals surface area contributed by atoms with Gasteiger partial charge < -0.3 is 18.9 Å². The van der Waals surface area contributed by atoms with Gasteiger partial charge in [0, 0.05) is 32.5 Å². The van der Waals surface area contributed by atoms with Gasteiger partial charge >= 0.3 is 0 Å². The van der Waals surface area contributed by atoms with Crippen LogP contribution in [0.4, 0.5) is 4.39 Å². The Balaban J connectivity index is 1.32. The first-order valence-corrected chi connectivity index (χ1v) is 9.29. The molecule has 1 saturated heterocycles. The van der Waals surface area contributed by atoms with Crippen molar-refractivity contribution in [3.63, 3.8) is 0 Å². The zero-order valence-electron chi connectivity index (χ0n) is 16.0. The highest BCUT2D eigenvalue weighted by Gasteiger charge is 2.26. The number of carbonyl (C=O) groups excluding carboxylic acids is 1. The maximum absolute atomic E-state index is 13.8. The Labute approximate surface area is 162 Å². The smallest absolute Gasteiger partial charge is 0.259 e. The zero-order valence-corrected chi connectivity index (χ0v) is 16.0. The number of hydrogen-bond acceptors (Lipinski definition) is 4. The van der Waals surface area contributed by atoms with Crippen molar-refractivity contribution in [1.29, 1.82) is 0 Å². The maximum Gasteiger partial charge on any atom is 0.259 e. The number of aromatic nitrogens is 3. The van der Waals surface area contributed by atoms with Crippen LogP contribution < -0.4 is 4.74 Å². The minimum atomic E-state index is -0.391. The molecular weight excluding hydrogens is 363 g/mol. The molecule has 7 nitrogen and oxygen atoms in total. The van der Waals surface area contributed by atoms with Crippen molar-refractivity contribution in [3.05, 3.63) is 53.7 Å². The van der Waals surface area contributed by atoms with Crippen LogP contribution in [-0.4, -0.2) is 51.3 Å². The SMILES string of the molecule is COc1ccc(COC2CCN(C(=O)c3cnn4ccn(C)c34)CC2)cc1F. The van der Waals surface area contributed by atoms with Gasteiger partial charge in [-0.05, 0) is 30.5 Å². The molecule has 0 radical (unpaired) electrons. The van der Waals surface area contributed by atoms with Crippen LogP contribution >= 0.6 is 0 Å². The average molecular weight is 386 g/mol. The van der Waals surface area contributed by atoms with E-state index in [1.54, 1.807) is 22.8 Å². The highest BCUT2D eigenvalue weighted by atomic mass is 19.1. The van der Waals surface area contributed by atoms with Gasteiger partial charge in [-0.3, -0.25) is 4.79 Å². The third kappa shape index (κ3) is 3.47. The number of fused-ring (bicyclic) bond motifs is 1. The molecule has 28 heavy (non-hydrogen) atoms. The standard InChI is InChI=1S/C20H23FN4O3/c1-23-9-10-25-19(23)16(12-22-25)20(26)24-7-5-15(6-8-24)28-13-14-3-4-18(27-2)17(21)11-14/h3-4,9-12,15H,5-8,13H2,1-2H3. The summed E-state index contributed by atoms with van der Waals surface area (Å²) in [6.45, 7) is 1.59. The molecule has 0 spiro atoms. The number of nitrogens with zero attached hydrogens (tertiary/aromatic N) is 4. The van der Waals surface area contributed by atoms with Gasteiger partial charge in [-0.15, -0.1) is 0 Å². The molecule has 0 bridgehead atoms. The first-order valence-electron chi connectivity index (χ1n) is 9.29. The number of piperidine rings is 1. The van der Waals surface area contributed by atoms with E-state index < -0.39 is 5.82 Å². The Hall–Kier alpha value is -2.87. The molecule has 0 atom stereocenters. The summed E-state index contributed by atoms with van der Waals surface area (Å²) >= 11 is 0. The van der Waals surface area contributed by atoms with E-state index in [2.05, 4.69) is 5.10 Å². The van der Waals surface area contributed by atoms with E-state index in [-0.39, 0.29) is 17.8 Å². The monoisotopic (exact) mass is 386 g/mol. The number of imidazole rings is 1. The maximum atomic E-state index is 13.8. The van der Waals surface area contributed by atoms with Crippen molar-refractivity contribution in [2.24, 2.45) is 7.05 Å². The molecule has 0 unspecified atom stereocenters. The average Bonchev–Trinajstić information content (AvgIpc) is 3.29. The van der Waals surface area contributed by atoms with Crippen LogP contribution in [0.1, 0.15) is 28.8 Å². The Morgan fingerprint density at radius 2 is 2.07 bits per heavy atom. The molecule has 148 valence electrons. The lowest BCUT2D eigenvalue weighted by Crippen LogP contribution is -2.40. The molecule has 3 aromatic rings. The third-order valence-corrected chi connectivity index (χ3v) is 5.20. The number of methoxy groups -OCH3 is 1. The molecule has 2 aromatic heterocycles. The molecule has 3 heterocycles. The summed E-state index contributed by atoms with van der Waals surface area (Å²) in [6, 6.07) is 4.83. The van der Waals surface area contributed by atoms with Crippen molar-refractivity contribution in [1.82, 2.24) is 19.1 Å². The lowest BCUT2D eigenvalue weighted by Gasteiger charge is -2.31. The molecule has 8 heteroatoms. The highest BCUT2D eigenvalue weighted by molar-refractivity contribution is 5.99. The van der Waals surface area contributed by atoms with Crippen LogP contribution in [0.5, 0.6) is 5.75 Å². The summed E-state index contributed by atoms with van der Waals surface area (Å²) in [5.41, 5.74) is 2.17. The lowest BCUT2D eigenvalue weighted by molar-refractivity contribution is -0.000440. The summed E-state index contributed by atoms with van der Waals surface area (Å²) in [4.78, 5) is 14.7. The minimum Gasteiger partial charge on any atom is -0.494 e. The fraction of sp³-hybridized carbons (Fsp3) is 0.400. The summed E-state index contributed by atoms with van der Waals surface area (Å²) < 4.78 is 28.2. The largest absolute Gasteiger partial charge is 0.494 e. The van der Waals surface area contributed by atoms with E-state index in [0.29, 0.717) is 25.3 Å². The number of likely N-dealkylation sites (tertiary alicyclic amines) is 1. The molecule has 0 N–H and O–H groups in total. The topological polar surface area (TPSA) is 61.0 Å². The zero-order chi connectivity index (χ0) is 19.7. The minimum absolute atomic E-state index is 0.00697. The fourth-order valence-electron chi connectivity index (χ4n) is 3.61. The molecule has 0 saturated carbocycles. The van der Waals surface area contributed by atoms with Crippen LogP contribution in [0.3, 0.4) is 0 Å². The fourth-order valence-corrected chi connectivity index (χ4v) is 3.61. The summed E-state index contributed by atoms with van der Waals surface area (Å²) in [7, 11) is 3.34. The summed E-state index contributed by atoms with van der Waals surface area (Å²) in [5.74, 6) is -0.173. The second-order valence-corrected chi connectivity index (χ2v) is 7.01. The number of rotatable bonds is 5. The third-order valence-electron chi connectivity index (χ3n) is 5.20. The quantitative estimate of drug-likeness (QED) is 0.676. The number of halogens is 1. The number of hydrogen-bond donors (Lipinski definition) is 0. The Bertz CT molecular complexity index is 989. The van der Waals surface area contributed by atoms with Crippen molar-refractivity contribution in [2.45, 2.75) is 25.6 Å². The molecule has 1 aliphatic heterocycles. The van der Waals surface area contributed by atoms with Gasteiger partial charge in [0.05, 0.1) is 26.0 Å². The normalized spacial score (nSPS) is 15.3. The van der Waals surface area contributed by atoms with Gasteiger partial charge in [-0.25, -0.2) is 8.91 Å². The Kier molecular flexibility index (Phi) is 5.04. The van der Waals surface area contributed by atoms with Crippen molar-refractivity contribution in [3.8, 4) is 5.75 Å². The highest BCUT2D eigenvalue weighted by Crippen LogP contribution is 2.22. The number of ether oxygens (including phenoxy) is 2. The van der Waals surface area contributed by atoms with Gasteiger partial charge in [0.2, 0.25) is 0 Å². The van der Waals surface area contributed by atoms with Gasteiger partial charge in [0.15, 0.2) is 11.6 Å². The summed E-state index contributed by atoms with van der Waals surface area (Å²) in [6.07, 6.45) is 6.88. The second-order valence-electron chi connectivity index (χ2n) is 7.01. The molecule has 1 aliphatic rings. The molecule has 1 fully saturated rings. The number of benzene rings is 1. The first kappa shape index (κ1) is 18.5. The first-order chi connectivity index (χ1) is 13.6. The van der Waals surface area contributed by atoms with Gasteiger partial charge in [-0.1, -0.05) is 6.07 Å². The van der Waals surface area contributed by atoms with Gasteiger partial charge in [0.1, 0.15) is 11.2 Å². The van der Waals surface area contributed by atoms with E-state index in [0.717, 1.165) is 24.1 Å². The Morgan fingerprint density at radius 3 is 2.79 bits per heavy atom. The number of amides is 1. The number of carbonyl (C=O) groups is 1. The van der Waals surface area contributed by atoms with Gasteiger partial charge in [-0.2, -0.15) is 5.10 Å². The van der Waals surface area contributed by atoms with E-state index in [4.69, 9.17) is 9.47 Å². The summed E-state index contributed by atoms with van der Waals surface area (Å²) in [5, 5.41) is 4.24. The Morgan fingerprint density at radius 1 is 1.29 bits per heavy atom. The van der Waals surface area contributed by atoms with E-state index in [1.165, 1.54) is 13.2 Å². The van der Waals surface area contributed by atoms with Crippen molar-refractivity contribution < 1.29 is 18.7 Å². The van der Waals surface area contributed by atoms with Crippen LogP contribution in [0.2, 0.25) is 0 Å². The predicted octanol–water partition coefficient (Wildman–Crippen LogP) is 2.64. The van der Waals surface area contributed by atoms with Crippen LogP contribution in [0.25, 0.3) is 5.65 Å².